The van der Waals surface area contributed by atoms with Crippen LogP contribution in [0.5, 0.6) is 0 Å². The Hall–Kier alpha value is -0.0400. The summed E-state index contributed by atoms with van der Waals surface area (Å²) in [5, 5.41) is 0. The molecule has 1 nitrogen and oxygen atoms in total. The fourth-order valence-electron chi connectivity index (χ4n) is 2.62. The summed E-state index contributed by atoms with van der Waals surface area (Å²) in [6.45, 7) is 7.55. The van der Waals surface area contributed by atoms with Gasteiger partial charge in [0, 0.05) is 0 Å². The third-order valence-corrected chi connectivity index (χ3v) is 3.96. The van der Waals surface area contributed by atoms with Crippen molar-refractivity contribution in [2.45, 2.75) is 111 Å². The van der Waals surface area contributed by atoms with E-state index in [2.05, 4.69) is 25.9 Å². The number of nitrogens with zero attached hydrogens (tertiary/aromatic N) is 1. The lowest BCUT2D eigenvalue weighted by atomic mass is 10.0. The van der Waals surface area contributed by atoms with Crippen LogP contribution < -0.4 is 0 Å². The van der Waals surface area contributed by atoms with Crippen LogP contribution in [0.25, 0.3) is 0 Å². The molecule has 21 heavy (non-hydrogen) atoms. The van der Waals surface area contributed by atoms with Crippen LogP contribution in [0.1, 0.15) is 111 Å². The van der Waals surface area contributed by atoms with Crippen molar-refractivity contribution in [1.82, 2.24) is 4.90 Å². The summed E-state index contributed by atoms with van der Waals surface area (Å²) in [7, 11) is 4.34. The van der Waals surface area contributed by atoms with Crippen LogP contribution in [0.3, 0.4) is 0 Å². The third-order valence-electron chi connectivity index (χ3n) is 3.96. The van der Waals surface area contributed by atoms with E-state index in [9.17, 15) is 0 Å². The van der Waals surface area contributed by atoms with E-state index in [4.69, 9.17) is 0 Å². The molecule has 0 heterocycles. The molecule has 0 fully saturated rings. The minimum atomic E-state index is 1.26. The van der Waals surface area contributed by atoms with Gasteiger partial charge in [0.2, 0.25) is 0 Å². The molecule has 0 aromatic heterocycles. The second-order valence-electron chi connectivity index (χ2n) is 6.40. The van der Waals surface area contributed by atoms with Gasteiger partial charge in [0.05, 0.1) is 0 Å². The van der Waals surface area contributed by atoms with Crippen LogP contribution in [-0.4, -0.2) is 25.5 Å². The average molecular weight is 300 g/mol. The SMILES string of the molecule is CC.CCCCCCCCCCCCCCCCN(C)C. The second kappa shape index (κ2) is 22.2. The highest BCUT2D eigenvalue weighted by Gasteiger charge is 1.94. The van der Waals surface area contributed by atoms with Gasteiger partial charge in [0.25, 0.3) is 0 Å². The van der Waals surface area contributed by atoms with E-state index in [-0.39, 0.29) is 0 Å². The Bertz CT molecular complexity index is 154. The highest BCUT2D eigenvalue weighted by Crippen LogP contribution is 2.12. The lowest BCUT2D eigenvalue weighted by Gasteiger charge is -2.08. The van der Waals surface area contributed by atoms with Gasteiger partial charge in [-0.1, -0.05) is 104 Å². The van der Waals surface area contributed by atoms with Gasteiger partial charge >= 0.3 is 0 Å². The van der Waals surface area contributed by atoms with Gasteiger partial charge in [0.15, 0.2) is 0 Å². The molecular weight excluding hydrogens is 254 g/mol. The maximum Gasteiger partial charge on any atom is -0.00248 e. The topological polar surface area (TPSA) is 3.24 Å². The van der Waals surface area contributed by atoms with Crippen LogP contribution in [-0.2, 0) is 0 Å². The quantitative estimate of drug-likeness (QED) is 0.293. The van der Waals surface area contributed by atoms with Crippen molar-refractivity contribution in [3.05, 3.63) is 0 Å². The van der Waals surface area contributed by atoms with Gasteiger partial charge in [-0.25, -0.2) is 0 Å². The summed E-state index contributed by atoms with van der Waals surface area (Å²) in [6.07, 6.45) is 20.3. The van der Waals surface area contributed by atoms with Gasteiger partial charge in [-0.2, -0.15) is 0 Å². The van der Waals surface area contributed by atoms with Gasteiger partial charge in [-0.3, -0.25) is 0 Å². The Morgan fingerprint density at radius 2 is 0.762 bits per heavy atom. The molecule has 0 aromatic carbocycles. The molecule has 0 aliphatic carbocycles. The lowest BCUT2D eigenvalue weighted by Crippen LogP contribution is -2.12. The van der Waals surface area contributed by atoms with Crippen molar-refractivity contribution >= 4 is 0 Å². The lowest BCUT2D eigenvalue weighted by molar-refractivity contribution is 0.389. The standard InChI is InChI=1S/C18H39N.C2H6/c1-4-5-6-7-8-9-10-11-12-13-14-15-16-17-18-19(2)3;1-2/h4-18H2,1-3H3;1-2H3. The van der Waals surface area contributed by atoms with E-state index in [0.717, 1.165) is 0 Å². The Morgan fingerprint density at radius 3 is 1.05 bits per heavy atom. The molecule has 0 aliphatic heterocycles. The predicted molar refractivity (Wildman–Crippen MR) is 100 cm³/mol. The minimum Gasteiger partial charge on any atom is -0.309 e. The first-order valence-electron chi connectivity index (χ1n) is 9.92. The summed E-state index contributed by atoms with van der Waals surface area (Å²) >= 11 is 0. The zero-order valence-corrected chi connectivity index (χ0v) is 16.1. The van der Waals surface area contributed by atoms with Crippen molar-refractivity contribution < 1.29 is 0 Å². The predicted octanol–water partition coefficient (Wildman–Crippen LogP) is 7.06. The molecule has 0 aliphatic rings. The molecular formula is C20H45N. The average Bonchev–Trinajstić information content (AvgIpc) is 2.49. The van der Waals surface area contributed by atoms with E-state index < -0.39 is 0 Å². The molecule has 0 spiro atoms. The van der Waals surface area contributed by atoms with Gasteiger partial charge < -0.3 is 4.90 Å². The van der Waals surface area contributed by atoms with Crippen molar-refractivity contribution in [2.75, 3.05) is 20.6 Å². The first-order valence-corrected chi connectivity index (χ1v) is 9.92. The van der Waals surface area contributed by atoms with Crippen LogP contribution in [0, 0.1) is 0 Å². The normalized spacial score (nSPS) is 10.6. The third kappa shape index (κ3) is 25.3. The molecule has 0 rings (SSSR count). The molecule has 130 valence electrons. The molecule has 0 radical (unpaired) electrons. The maximum atomic E-state index is 2.29. The van der Waals surface area contributed by atoms with E-state index in [0.29, 0.717) is 0 Å². The smallest absolute Gasteiger partial charge is 0.00248 e. The zero-order chi connectivity index (χ0) is 16.2. The molecule has 0 atom stereocenters. The first-order chi connectivity index (χ1) is 10.3. The molecule has 0 unspecified atom stereocenters. The number of unbranched alkanes of at least 4 members (excludes halogenated alkanes) is 13. The fraction of sp³-hybridized carbons (Fsp3) is 1.00. The van der Waals surface area contributed by atoms with Crippen LogP contribution in [0.4, 0.5) is 0 Å². The van der Waals surface area contributed by atoms with Crippen molar-refractivity contribution in [3.63, 3.8) is 0 Å². The van der Waals surface area contributed by atoms with Crippen molar-refractivity contribution in [3.8, 4) is 0 Å². The van der Waals surface area contributed by atoms with E-state index >= 15 is 0 Å². The summed E-state index contributed by atoms with van der Waals surface area (Å²) in [5.41, 5.74) is 0. The van der Waals surface area contributed by atoms with Gasteiger partial charge in [0.1, 0.15) is 0 Å². The van der Waals surface area contributed by atoms with Gasteiger partial charge in [-0.15, -0.1) is 0 Å². The minimum absolute atomic E-state index is 1.26. The van der Waals surface area contributed by atoms with Crippen molar-refractivity contribution in [2.24, 2.45) is 0 Å². The van der Waals surface area contributed by atoms with Crippen LogP contribution in [0.2, 0.25) is 0 Å². The zero-order valence-electron chi connectivity index (χ0n) is 16.1. The summed E-state index contributed by atoms with van der Waals surface area (Å²) in [4.78, 5) is 2.29. The molecule has 0 N–H and O–H groups in total. The molecule has 1 heteroatoms. The highest BCUT2D eigenvalue weighted by atomic mass is 15.0. The Morgan fingerprint density at radius 1 is 0.476 bits per heavy atom. The maximum absolute atomic E-state index is 2.29. The summed E-state index contributed by atoms with van der Waals surface area (Å²) < 4.78 is 0. The van der Waals surface area contributed by atoms with E-state index in [1.807, 2.05) is 13.8 Å². The van der Waals surface area contributed by atoms with E-state index in [1.165, 1.54) is 96.4 Å². The monoisotopic (exact) mass is 299 g/mol. The molecule has 0 bridgehead atoms. The van der Waals surface area contributed by atoms with Gasteiger partial charge in [-0.05, 0) is 27.1 Å². The Labute approximate surface area is 136 Å². The number of hydrogen-bond donors (Lipinski definition) is 0. The molecule has 0 saturated carbocycles. The largest absolute Gasteiger partial charge is 0.309 e. The Balaban J connectivity index is 0. The summed E-state index contributed by atoms with van der Waals surface area (Å²) in [6, 6.07) is 0. The summed E-state index contributed by atoms with van der Waals surface area (Å²) in [5.74, 6) is 0. The number of hydrogen-bond acceptors (Lipinski definition) is 1. The highest BCUT2D eigenvalue weighted by molar-refractivity contribution is 4.50. The Kier molecular flexibility index (Phi) is 24.6. The van der Waals surface area contributed by atoms with Crippen molar-refractivity contribution in [1.29, 1.82) is 0 Å². The van der Waals surface area contributed by atoms with E-state index in [1.54, 1.807) is 0 Å². The molecule has 0 saturated heterocycles. The fourth-order valence-corrected chi connectivity index (χ4v) is 2.62. The van der Waals surface area contributed by atoms with Crippen LogP contribution in [0.15, 0.2) is 0 Å². The second-order valence-corrected chi connectivity index (χ2v) is 6.40. The van der Waals surface area contributed by atoms with Crippen LogP contribution >= 0.6 is 0 Å². The molecule has 0 amide bonds. The number of rotatable bonds is 15. The first kappa shape index (κ1) is 23.2. The molecule has 0 aromatic rings.